The molecule has 1 unspecified atom stereocenters. The fourth-order valence-corrected chi connectivity index (χ4v) is 0.569. The molecule has 0 amide bonds. The van der Waals surface area contributed by atoms with Crippen LogP contribution in [0.5, 0.6) is 0 Å². The molecule has 0 saturated carbocycles. The lowest BCUT2D eigenvalue weighted by Gasteiger charge is -2.03. The van der Waals surface area contributed by atoms with Crippen LogP contribution in [0.1, 0.15) is 17.5 Å². The SMILES string of the molecule is C#CC(C)OC(=O)c1cnco1. The maximum Gasteiger partial charge on any atom is 0.377 e. The average molecular weight is 165 g/mol. The summed E-state index contributed by atoms with van der Waals surface area (Å²) in [5.74, 6) is 1.71. The van der Waals surface area contributed by atoms with Crippen molar-refractivity contribution < 1.29 is 13.9 Å². The van der Waals surface area contributed by atoms with E-state index in [1.165, 1.54) is 6.20 Å². The molecule has 1 aromatic heterocycles. The first-order chi connectivity index (χ1) is 5.74. The molecule has 0 aliphatic heterocycles. The number of terminal acetylenes is 1. The number of hydrogen-bond acceptors (Lipinski definition) is 4. The van der Waals surface area contributed by atoms with Crippen molar-refractivity contribution in [1.29, 1.82) is 0 Å². The van der Waals surface area contributed by atoms with E-state index in [4.69, 9.17) is 11.2 Å². The number of rotatable bonds is 2. The van der Waals surface area contributed by atoms with E-state index in [-0.39, 0.29) is 5.76 Å². The molecule has 0 bridgehead atoms. The van der Waals surface area contributed by atoms with Gasteiger partial charge in [-0.25, -0.2) is 9.78 Å². The summed E-state index contributed by atoms with van der Waals surface area (Å²) < 4.78 is 9.42. The topological polar surface area (TPSA) is 52.3 Å². The Morgan fingerprint density at radius 1 is 1.92 bits per heavy atom. The second-order valence-electron chi connectivity index (χ2n) is 2.08. The molecule has 0 aliphatic carbocycles. The second-order valence-corrected chi connectivity index (χ2v) is 2.08. The molecular formula is C8H7NO3. The highest BCUT2D eigenvalue weighted by Crippen LogP contribution is 2.01. The monoisotopic (exact) mass is 165 g/mol. The lowest BCUT2D eigenvalue weighted by Crippen LogP contribution is -2.12. The van der Waals surface area contributed by atoms with E-state index in [0.717, 1.165) is 6.39 Å². The van der Waals surface area contributed by atoms with Gasteiger partial charge >= 0.3 is 5.97 Å². The van der Waals surface area contributed by atoms with Gasteiger partial charge in [-0.1, -0.05) is 5.92 Å². The van der Waals surface area contributed by atoms with Gasteiger partial charge in [0.15, 0.2) is 12.5 Å². The minimum absolute atomic E-state index is 0.0529. The van der Waals surface area contributed by atoms with Crippen molar-refractivity contribution in [3.8, 4) is 12.3 Å². The molecule has 1 heterocycles. The summed E-state index contributed by atoms with van der Waals surface area (Å²) in [7, 11) is 0. The van der Waals surface area contributed by atoms with Gasteiger partial charge < -0.3 is 9.15 Å². The van der Waals surface area contributed by atoms with Crippen LogP contribution >= 0.6 is 0 Å². The van der Waals surface area contributed by atoms with Crippen molar-refractivity contribution in [1.82, 2.24) is 4.98 Å². The molecule has 12 heavy (non-hydrogen) atoms. The fraction of sp³-hybridized carbons (Fsp3) is 0.250. The summed E-state index contributed by atoms with van der Waals surface area (Å²) >= 11 is 0. The van der Waals surface area contributed by atoms with Gasteiger partial charge in [0.1, 0.15) is 0 Å². The number of esters is 1. The van der Waals surface area contributed by atoms with Crippen molar-refractivity contribution in [3.05, 3.63) is 18.4 Å². The lowest BCUT2D eigenvalue weighted by molar-refractivity contribution is 0.0402. The van der Waals surface area contributed by atoms with Crippen LogP contribution in [0.2, 0.25) is 0 Å². The number of hydrogen-bond donors (Lipinski definition) is 0. The predicted octanol–water partition coefficient (Wildman–Crippen LogP) is 0.853. The van der Waals surface area contributed by atoms with Gasteiger partial charge in [-0.15, -0.1) is 6.42 Å². The Kier molecular flexibility index (Phi) is 2.49. The molecule has 0 aromatic carbocycles. The van der Waals surface area contributed by atoms with Crippen LogP contribution in [-0.4, -0.2) is 17.1 Å². The molecule has 0 aliphatic rings. The van der Waals surface area contributed by atoms with E-state index in [2.05, 4.69) is 15.3 Å². The number of oxazole rings is 1. The summed E-state index contributed by atoms with van der Waals surface area (Å²) in [5, 5.41) is 0. The van der Waals surface area contributed by atoms with Crippen LogP contribution in [0.15, 0.2) is 17.0 Å². The summed E-state index contributed by atoms with van der Waals surface area (Å²) in [6.07, 6.45) is 6.87. The van der Waals surface area contributed by atoms with Gasteiger partial charge in [0, 0.05) is 0 Å². The molecular weight excluding hydrogens is 158 g/mol. The number of carbonyl (C=O) groups is 1. The third-order valence-electron chi connectivity index (χ3n) is 1.15. The van der Waals surface area contributed by atoms with Gasteiger partial charge in [0.2, 0.25) is 5.76 Å². The first-order valence-corrected chi connectivity index (χ1v) is 3.29. The number of nitrogens with zero attached hydrogens (tertiary/aromatic N) is 1. The van der Waals surface area contributed by atoms with E-state index >= 15 is 0 Å². The fourth-order valence-electron chi connectivity index (χ4n) is 0.569. The minimum atomic E-state index is -0.599. The van der Waals surface area contributed by atoms with E-state index in [1.807, 2.05) is 0 Å². The zero-order chi connectivity index (χ0) is 8.97. The van der Waals surface area contributed by atoms with E-state index in [0.29, 0.717) is 0 Å². The first-order valence-electron chi connectivity index (χ1n) is 3.29. The van der Waals surface area contributed by atoms with Gasteiger partial charge in [-0.3, -0.25) is 0 Å². The number of ether oxygens (including phenoxy) is 1. The molecule has 4 nitrogen and oxygen atoms in total. The summed E-state index contributed by atoms with van der Waals surface area (Å²) in [5.41, 5.74) is 0. The van der Waals surface area contributed by atoms with Crippen molar-refractivity contribution in [2.75, 3.05) is 0 Å². The quantitative estimate of drug-likeness (QED) is 0.481. The summed E-state index contributed by atoms with van der Waals surface area (Å²) in [4.78, 5) is 14.6. The Hall–Kier alpha value is -1.76. The van der Waals surface area contributed by atoms with Crippen LogP contribution in [0, 0.1) is 12.3 Å². The highest BCUT2D eigenvalue weighted by molar-refractivity contribution is 5.86. The third kappa shape index (κ3) is 1.86. The van der Waals surface area contributed by atoms with E-state index in [9.17, 15) is 4.79 Å². The molecule has 4 heteroatoms. The van der Waals surface area contributed by atoms with Crippen LogP contribution in [0.4, 0.5) is 0 Å². The summed E-state index contributed by atoms with van der Waals surface area (Å²) in [6, 6.07) is 0. The Morgan fingerprint density at radius 2 is 2.67 bits per heavy atom. The van der Waals surface area contributed by atoms with Gasteiger partial charge in [0.25, 0.3) is 0 Å². The van der Waals surface area contributed by atoms with Crippen LogP contribution in [-0.2, 0) is 4.74 Å². The van der Waals surface area contributed by atoms with E-state index < -0.39 is 12.1 Å². The molecule has 0 N–H and O–H groups in total. The Balaban J connectivity index is 2.57. The highest BCUT2D eigenvalue weighted by atomic mass is 16.6. The largest absolute Gasteiger partial charge is 0.444 e. The first kappa shape index (κ1) is 8.34. The van der Waals surface area contributed by atoms with Gasteiger partial charge in [0.05, 0.1) is 6.20 Å². The van der Waals surface area contributed by atoms with Crippen molar-refractivity contribution >= 4 is 5.97 Å². The van der Waals surface area contributed by atoms with Crippen LogP contribution in [0.25, 0.3) is 0 Å². The molecule has 1 aromatic rings. The van der Waals surface area contributed by atoms with Gasteiger partial charge in [-0.05, 0) is 6.92 Å². The minimum Gasteiger partial charge on any atom is -0.444 e. The molecule has 1 atom stereocenters. The van der Waals surface area contributed by atoms with Crippen LogP contribution in [0.3, 0.4) is 0 Å². The second kappa shape index (κ2) is 3.58. The number of aromatic nitrogens is 1. The summed E-state index contributed by atoms with van der Waals surface area (Å²) in [6.45, 7) is 1.59. The molecule has 1 rings (SSSR count). The van der Waals surface area contributed by atoms with Crippen molar-refractivity contribution in [2.24, 2.45) is 0 Å². The zero-order valence-electron chi connectivity index (χ0n) is 6.48. The molecule has 0 spiro atoms. The zero-order valence-corrected chi connectivity index (χ0v) is 6.48. The smallest absolute Gasteiger partial charge is 0.377 e. The highest BCUT2D eigenvalue weighted by Gasteiger charge is 2.12. The van der Waals surface area contributed by atoms with Gasteiger partial charge in [-0.2, -0.15) is 0 Å². The van der Waals surface area contributed by atoms with Crippen molar-refractivity contribution in [2.45, 2.75) is 13.0 Å². The van der Waals surface area contributed by atoms with Crippen LogP contribution < -0.4 is 0 Å². The molecule has 0 saturated heterocycles. The van der Waals surface area contributed by atoms with E-state index in [1.54, 1.807) is 6.92 Å². The Labute approximate surface area is 69.5 Å². The normalized spacial score (nSPS) is 11.7. The third-order valence-corrected chi connectivity index (χ3v) is 1.15. The number of carbonyl (C=O) groups excluding carboxylic acids is 1. The maximum absolute atomic E-state index is 11.0. The Bertz CT molecular complexity index is 297. The maximum atomic E-state index is 11.0. The molecule has 62 valence electrons. The lowest BCUT2D eigenvalue weighted by atomic mass is 10.4. The predicted molar refractivity (Wildman–Crippen MR) is 40.2 cm³/mol. The molecule has 0 fully saturated rings. The standard InChI is InChI=1S/C8H7NO3/c1-3-6(2)12-8(10)7-4-9-5-11-7/h1,4-6H,2H3. The molecule has 0 radical (unpaired) electrons. The average Bonchev–Trinajstić information content (AvgIpc) is 2.56. The Morgan fingerprint density at radius 3 is 3.17 bits per heavy atom. The van der Waals surface area contributed by atoms with Crippen molar-refractivity contribution in [3.63, 3.8) is 0 Å².